The van der Waals surface area contributed by atoms with Gasteiger partial charge in [-0.3, -0.25) is 29.3 Å². The molecule has 0 amide bonds. The van der Waals surface area contributed by atoms with Gasteiger partial charge in [0.05, 0.1) is 18.1 Å². The molecule has 11 nitrogen and oxygen atoms in total. The number of carbonyl (C=O) groups excluding carboxylic acids is 4. The predicted molar refractivity (Wildman–Crippen MR) is 110 cm³/mol. The molecule has 1 aromatic carbocycles. The topological polar surface area (TPSA) is 148 Å². The smallest absolute Gasteiger partial charge is 0.317 e. The van der Waals surface area contributed by atoms with Crippen molar-refractivity contribution in [2.24, 2.45) is 11.8 Å². The van der Waals surface area contributed by atoms with Gasteiger partial charge in [-0.2, -0.15) is 0 Å². The first kappa shape index (κ1) is 26.9. The summed E-state index contributed by atoms with van der Waals surface area (Å²) in [4.78, 5) is 61.2. The molecule has 2 unspecified atom stereocenters. The molecule has 11 heteroatoms. The van der Waals surface area contributed by atoms with E-state index in [-0.39, 0.29) is 37.7 Å². The van der Waals surface area contributed by atoms with Gasteiger partial charge in [0, 0.05) is 32.3 Å². The number of benzene rings is 1. The van der Waals surface area contributed by atoms with Crippen molar-refractivity contribution in [3.05, 3.63) is 39.9 Å². The number of methoxy groups -OCH3 is 2. The van der Waals surface area contributed by atoms with Gasteiger partial charge in [-0.1, -0.05) is 12.1 Å². The lowest BCUT2D eigenvalue weighted by molar-refractivity contribution is -0.385. The van der Waals surface area contributed by atoms with Gasteiger partial charge in [-0.25, -0.2) is 0 Å². The second-order valence-corrected chi connectivity index (χ2v) is 6.88. The molecule has 0 saturated carbocycles. The Balaban J connectivity index is 3.55. The SMILES string of the molecule is COCCOC(=O)C(C(C)=O)C(c1cccc([N+](=O)[O-])c1)C(C(C)=O)C(=O)OCCOC. The lowest BCUT2D eigenvalue weighted by Crippen LogP contribution is -2.41. The molecule has 1 aromatic rings. The number of nitro groups is 1. The Morgan fingerprint density at radius 3 is 1.72 bits per heavy atom. The molecule has 0 saturated heterocycles. The van der Waals surface area contributed by atoms with Crippen LogP contribution in [0.1, 0.15) is 25.3 Å². The Morgan fingerprint density at radius 2 is 1.34 bits per heavy atom. The Labute approximate surface area is 185 Å². The van der Waals surface area contributed by atoms with Crippen LogP contribution in [0.5, 0.6) is 0 Å². The number of Topliss-reactive ketones (excluding diaryl/α,β-unsaturated/α-hetero) is 2. The molecular formula is C21H27NO10. The van der Waals surface area contributed by atoms with Gasteiger partial charge in [-0.05, 0) is 19.4 Å². The lowest BCUT2D eigenvalue weighted by Gasteiger charge is -2.29. The van der Waals surface area contributed by atoms with Crippen LogP contribution in [0, 0.1) is 22.0 Å². The first-order chi connectivity index (χ1) is 15.1. The van der Waals surface area contributed by atoms with E-state index >= 15 is 0 Å². The van der Waals surface area contributed by atoms with Crippen LogP contribution in [0.4, 0.5) is 5.69 Å². The summed E-state index contributed by atoms with van der Waals surface area (Å²) in [5.41, 5.74) is -0.260. The van der Waals surface area contributed by atoms with Crippen LogP contribution in [-0.4, -0.2) is 69.1 Å². The molecule has 0 spiro atoms. The minimum atomic E-state index is -1.59. The van der Waals surface area contributed by atoms with E-state index in [2.05, 4.69) is 0 Å². The fraction of sp³-hybridized carbons (Fsp3) is 0.524. The summed E-state index contributed by atoms with van der Waals surface area (Å²) in [6.07, 6.45) is 0. The van der Waals surface area contributed by atoms with E-state index in [1.165, 1.54) is 32.4 Å². The van der Waals surface area contributed by atoms with Crippen molar-refractivity contribution in [1.82, 2.24) is 0 Å². The average Bonchev–Trinajstić information content (AvgIpc) is 2.73. The predicted octanol–water partition coefficient (Wildman–Crippen LogP) is 1.47. The van der Waals surface area contributed by atoms with Gasteiger partial charge in [-0.15, -0.1) is 0 Å². The number of ketones is 2. The molecule has 0 aliphatic rings. The number of non-ortho nitro benzene ring substituents is 1. The molecule has 1 rings (SSSR count). The highest BCUT2D eigenvalue weighted by molar-refractivity contribution is 6.04. The Hall–Kier alpha value is -3.18. The van der Waals surface area contributed by atoms with Gasteiger partial charge >= 0.3 is 11.9 Å². The van der Waals surface area contributed by atoms with Crippen molar-refractivity contribution in [2.45, 2.75) is 19.8 Å². The molecule has 176 valence electrons. The zero-order valence-electron chi connectivity index (χ0n) is 18.4. The second-order valence-electron chi connectivity index (χ2n) is 6.88. The van der Waals surface area contributed by atoms with Crippen molar-refractivity contribution in [3.8, 4) is 0 Å². The van der Waals surface area contributed by atoms with E-state index in [9.17, 15) is 29.3 Å². The molecule has 0 heterocycles. The molecule has 0 aromatic heterocycles. The van der Waals surface area contributed by atoms with Crippen LogP contribution < -0.4 is 0 Å². The molecule has 0 aliphatic carbocycles. The van der Waals surface area contributed by atoms with E-state index < -0.39 is 46.2 Å². The van der Waals surface area contributed by atoms with Crippen LogP contribution in [0.25, 0.3) is 0 Å². The number of hydrogen-bond donors (Lipinski definition) is 0. The quantitative estimate of drug-likeness (QED) is 0.133. The molecule has 0 radical (unpaired) electrons. The Bertz CT molecular complexity index is 798. The van der Waals surface area contributed by atoms with E-state index in [1.807, 2.05) is 0 Å². The second kappa shape index (κ2) is 13.3. The van der Waals surface area contributed by atoms with Crippen molar-refractivity contribution in [3.63, 3.8) is 0 Å². The maximum absolute atomic E-state index is 12.8. The molecule has 2 atom stereocenters. The standard InChI is InChI=1S/C21H27NO10/c1-13(23)17(20(25)31-10-8-29-3)19(15-6-5-7-16(12-15)22(27)28)18(14(2)24)21(26)32-11-9-30-4/h5-7,12,17-19H,8-11H2,1-4H3. The normalized spacial score (nSPS) is 13.5. The molecule has 32 heavy (non-hydrogen) atoms. The third kappa shape index (κ3) is 7.50. The average molecular weight is 453 g/mol. The van der Waals surface area contributed by atoms with Crippen LogP contribution in [0.2, 0.25) is 0 Å². The summed E-state index contributed by atoms with van der Waals surface area (Å²) < 4.78 is 19.8. The van der Waals surface area contributed by atoms with Crippen LogP contribution in [0.15, 0.2) is 24.3 Å². The maximum atomic E-state index is 12.8. The summed E-state index contributed by atoms with van der Waals surface area (Å²) >= 11 is 0. The Kier molecular flexibility index (Phi) is 11.1. The summed E-state index contributed by atoms with van der Waals surface area (Å²) in [7, 11) is 2.79. The van der Waals surface area contributed by atoms with Crippen LogP contribution >= 0.6 is 0 Å². The van der Waals surface area contributed by atoms with Crippen molar-refractivity contribution in [1.29, 1.82) is 0 Å². The molecule has 0 bridgehead atoms. The largest absolute Gasteiger partial charge is 0.463 e. The number of hydrogen-bond acceptors (Lipinski definition) is 10. The fourth-order valence-corrected chi connectivity index (χ4v) is 3.18. The van der Waals surface area contributed by atoms with Crippen molar-refractivity contribution >= 4 is 29.2 Å². The molecule has 0 aliphatic heterocycles. The number of rotatable bonds is 14. The number of carbonyl (C=O) groups is 4. The zero-order valence-corrected chi connectivity index (χ0v) is 18.4. The van der Waals surface area contributed by atoms with Crippen molar-refractivity contribution in [2.75, 3.05) is 40.6 Å². The van der Waals surface area contributed by atoms with Gasteiger partial charge in [0.2, 0.25) is 0 Å². The van der Waals surface area contributed by atoms with E-state index in [0.29, 0.717) is 0 Å². The van der Waals surface area contributed by atoms with E-state index in [1.54, 1.807) is 0 Å². The lowest BCUT2D eigenvalue weighted by atomic mass is 9.73. The van der Waals surface area contributed by atoms with Crippen LogP contribution in [0.3, 0.4) is 0 Å². The van der Waals surface area contributed by atoms with E-state index in [4.69, 9.17) is 18.9 Å². The molecule has 0 fully saturated rings. The van der Waals surface area contributed by atoms with Crippen LogP contribution in [-0.2, 0) is 38.1 Å². The number of nitro benzene ring substituents is 1. The first-order valence-corrected chi connectivity index (χ1v) is 9.72. The Morgan fingerprint density at radius 1 is 0.875 bits per heavy atom. The highest BCUT2D eigenvalue weighted by atomic mass is 16.6. The number of nitrogens with zero attached hydrogens (tertiary/aromatic N) is 1. The minimum Gasteiger partial charge on any atom is -0.463 e. The van der Waals surface area contributed by atoms with E-state index in [0.717, 1.165) is 19.9 Å². The fourth-order valence-electron chi connectivity index (χ4n) is 3.18. The summed E-state index contributed by atoms with van der Waals surface area (Å²) in [6.45, 7) is 2.02. The zero-order chi connectivity index (χ0) is 24.3. The molecule has 0 N–H and O–H groups in total. The van der Waals surface area contributed by atoms with Gasteiger partial charge < -0.3 is 18.9 Å². The number of esters is 2. The summed E-state index contributed by atoms with van der Waals surface area (Å²) in [5.74, 6) is -7.88. The van der Waals surface area contributed by atoms with Crippen molar-refractivity contribution < 1.29 is 43.0 Å². The minimum absolute atomic E-state index is 0.0625. The summed E-state index contributed by atoms with van der Waals surface area (Å²) in [5, 5.41) is 11.3. The first-order valence-electron chi connectivity index (χ1n) is 9.72. The maximum Gasteiger partial charge on any atom is 0.317 e. The van der Waals surface area contributed by atoms with Gasteiger partial charge in [0.15, 0.2) is 0 Å². The van der Waals surface area contributed by atoms with Gasteiger partial charge in [0.1, 0.15) is 36.6 Å². The molecular weight excluding hydrogens is 426 g/mol. The number of ether oxygens (including phenoxy) is 4. The highest BCUT2D eigenvalue weighted by Crippen LogP contribution is 2.37. The van der Waals surface area contributed by atoms with Gasteiger partial charge in [0.25, 0.3) is 5.69 Å². The third-order valence-corrected chi connectivity index (χ3v) is 4.63. The third-order valence-electron chi connectivity index (χ3n) is 4.63. The monoisotopic (exact) mass is 453 g/mol. The highest BCUT2D eigenvalue weighted by Gasteiger charge is 2.45. The summed E-state index contributed by atoms with van der Waals surface area (Å²) in [6, 6.07) is 5.05.